The van der Waals surface area contributed by atoms with E-state index in [2.05, 4.69) is 44.2 Å². The Morgan fingerprint density at radius 2 is 1.96 bits per heavy atom. The molecule has 4 nitrogen and oxygen atoms in total. The SMILES string of the molecule is Cc1cc(C)cc(C=C[C@@H]2[C@@H](CCCc3ccc(C(=O)O)o3)[C@H](Cl)C[C@H]2O)c1. The van der Waals surface area contributed by atoms with Crippen LogP contribution >= 0.6 is 11.6 Å². The van der Waals surface area contributed by atoms with Gasteiger partial charge in [-0.15, -0.1) is 11.6 Å². The molecule has 1 aromatic carbocycles. The van der Waals surface area contributed by atoms with Gasteiger partial charge in [0.25, 0.3) is 0 Å². The van der Waals surface area contributed by atoms with Crippen LogP contribution in [0, 0.1) is 25.7 Å². The monoisotopic (exact) mass is 402 g/mol. The van der Waals surface area contributed by atoms with E-state index in [1.807, 2.05) is 0 Å². The normalized spacial score (nSPS) is 24.9. The van der Waals surface area contributed by atoms with Crippen molar-refractivity contribution < 1.29 is 19.4 Å². The summed E-state index contributed by atoms with van der Waals surface area (Å²) >= 11 is 6.53. The van der Waals surface area contributed by atoms with Gasteiger partial charge in [0.2, 0.25) is 5.76 Å². The molecule has 0 saturated heterocycles. The highest BCUT2D eigenvalue weighted by molar-refractivity contribution is 6.21. The molecule has 1 aliphatic rings. The molecule has 0 unspecified atom stereocenters. The van der Waals surface area contributed by atoms with Crippen LogP contribution in [0.15, 0.2) is 40.8 Å². The highest BCUT2D eigenvalue weighted by atomic mass is 35.5. The first-order valence-corrected chi connectivity index (χ1v) is 10.2. The van der Waals surface area contributed by atoms with Gasteiger partial charge in [0, 0.05) is 17.7 Å². The summed E-state index contributed by atoms with van der Waals surface area (Å²) in [6, 6.07) is 9.60. The van der Waals surface area contributed by atoms with Gasteiger partial charge in [-0.1, -0.05) is 41.5 Å². The lowest BCUT2D eigenvalue weighted by atomic mass is 9.89. The first kappa shape index (κ1) is 20.7. The van der Waals surface area contributed by atoms with Crippen LogP contribution in [0.25, 0.3) is 6.08 Å². The van der Waals surface area contributed by atoms with E-state index in [9.17, 15) is 9.90 Å². The number of rotatable bonds is 7. The number of aliphatic hydroxyl groups is 1. The first-order chi connectivity index (χ1) is 13.3. The highest BCUT2D eigenvalue weighted by Gasteiger charge is 2.39. The van der Waals surface area contributed by atoms with Gasteiger partial charge >= 0.3 is 5.97 Å². The maximum absolute atomic E-state index is 10.9. The van der Waals surface area contributed by atoms with Crippen LogP contribution in [0.5, 0.6) is 0 Å². The lowest BCUT2D eigenvalue weighted by molar-refractivity contribution is 0.0660. The second kappa shape index (κ2) is 8.97. The smallest absolute Gasteiger partial charge is 0.371 e. The first-order valence-electron chi connectivity index (χ1n) is 9.74. The standard InChI is InChI=1S/C23H27ClO4/c1-14-10-15(2)12-16(11-14)6-8-19-18(20(24)13-21(19)25)5-3-4-17-7-9-22(28-17)23(26)27/h6-12,18-21,25H,3-5,13H2,1-2H3,(H,26,27)/t18-,19-,20-,21-/m1/s1. The molecular weight excluding hydrogens is 376 g/mol. The number of hydrogen-bond acceptors (Lipinski definition) is 3. The Kier molecular flexibility index (Phi) is 6.63. The third kappa shape index (κ3) is 5.06. The fraction of sp³-hybridized carbons (Fsp3) is 0.435. The summed E-state index contributed by atoms with van der Waals surface area (Å²) < 4.78 is 5.32. The number of hydrogen-bond donors (Lipinski definition) is 2. The van der Waals surface area contributed by atoms with E-state index >= 15 is 0 Å². The number of aliphatic hydroxyl groups excluding tert-OH is 1. The van der Waals surface area contributed by atoms with Crippen molar-refractivity contribution in [3.8, 4) is 0 Å². The molecule has 2 aromatic rings. The molecule has 2 N–H and O–H groups in total. The molecule has 150 valence electrons. The number of aromatic carboxylic acids is 1. The number of furan rings is 1. The minimum atomic E-state index is -1.05. The lowest BCUT2D eigenvalue weighted by Gasteiger charge is -2.20. The average Bonchev–Trinajstić information content (AvgIpc) is 3.18. The summed E-state index contributed by atoms with van der Waals surface area (Å²) in [5, 5.41) is 19.4. The molecule has 1 heterocycles. The Balaban J connectivity index is 1.62. The van der Waals surface area contributed by atoms with E-state index in [-0.39, 0.29) is 23.0 Å². The van der Waals surface area contributed by atoms with Crippen LogP contribution in [-0.2, 0) is 6.42 Å². The number of aryl methyl sites for hydroxylation is 3. The van der Waals surface area contributed by atoms with E-state index in [0.29, 0.717) is 18.6 Å². The van der Waals surface area contributed by atoms with Crippen molar-refractivity contribution >= 4 is 23.6 Å². The number of carboxylic acid groups (broad SMARTS) is 1. The molecule has 1 fully saturated rings. The van der Waals surface area contributed by atoms with Crippen molar-refractivity contribution in [2.75, 3.05) is 0 Å². The topological polar surface area (TPSA) is 70.7 Å². The summed E-state index contributed by atoms with van der Waals surface area (Å²) in [6.45, 7) is 4.16. The van der Waals surface area contributed by atoms with E-state index in [0.717, 1.165) is 18.4 Å². The fourth-order valence-corrected chi connectivity index (χ4v) is 4.68. The van der Waals surface area contributed by atoms with E-state index in [1.54, 1.807) is 6.07 Å². The van der Waals surface area contributed by atoms with Crippen LogP contribution in [0.3, 0.4) is 0 Å². The van der Waals surface area contributed by atoms with Crippen LogP contribution in [0.1, 0.15) is 52.3 Å². The van der Waals surface area contributed by atoms with E-state index < -0.39 is 12.1 Å². The molecule has 3 rings (SSSR count). The van der Waals surface area contributed by atoms with Crippen LogP contribution in [0.4, 0.5) is 0 Å². The van der Waals surface area contributed by atoms with Gasteiger partial charge < -0.3 is 14.6 Å². The largest absolute Gasteiger partial charge is 0.475 e. The average molecular weight is 403 g/mol. The third-order valence-corrected chi connectivity index (χ3v) is 5.96. The molecule has 0 radical (unpaired) electrons. The van der Waals surface area contributed by atoms with Crippen LogP contribution in [0.2, 0.25) is 0 Å². The number of benzene rings is 1. The van der Waals surface area contributed by atoms with Gasteiger partial charge in [0.05, 0.1) is 6.10 Å². The molecule has 0 amide bonds. The zero-order valence-corrected chi connectivity index (χ0v) is 17.0. The Labute approximate surface area is 170 Å². The molecule has 0 bridgehead atoms. The van der Waals surface area contributed by atoms with Crippen molar-refractivity contribution in [3.63, 3.8) is 0 Å². The van der Waals surface area contributed by atoms with Gasteiger partial charge in [-0.2, -0.15) is 0 Å². The number of halogens is 1. The fourth-order valence-electron chi connectivity index (χ4n) is 4.20. The van der Waals surface area contributed by atoms with Crippen molar-refractivity contribution in [1.82, 2.24) is 0 Å². The lowest BCUT2D eigenvalue weighted by Crippen LogP contribution is -2.18. The van der Waals surface area contributed by atoms with Crippen molar-refractivity contribution in [3.05, 3.63) is 64.6 Å². The zero-order chi connectivity index (χ0) is 20.3. The minimum absolute atomic E-state index is 0.0227. The number of carboxylic acids is 1. The molecular formula is C23H27ClO4. The van der Waals surface area contributed by atoms with Crippen LogP contribution < -0.4 is 0 Å². The summed E-state index contributed by atoms with van der Waals surface area (Å²) in [5.41, 5.74) is 3.58. The summed E-state index contributed by atoms with van der Waals surface area (Å²) in [4.78, 5) is 10.9. The minimum Gasteiger partial charge on any atom is -0.475 e. The van der Waals surface area contributed by atoms with Gasteiger partial charge in [0.1, 0.15) is 5.76 Å². The maximum Gasteiger partial charge on any atom is 0.371 e. The zero-order valence-electron chi connectivity index (χ0n) is 16.3. The van der Waals surface area contributed by atoms with Crippen molar-refractivity contribution in [2.24, 2.45) is 11.8 Å². The van der Waals surface area contributed by atoms with Gasteiger partial charge in [-0.05, 0) is 56.7 Å². The second-order valence-electron chi connectivity index (χ2n) is 7.80. The molecule has 1 aliphatic carbocycles. The molecule has 0 spiro atoms. The molecule has 5 heteroatoms. The predicted molar refractivity (Wildman–Crippen MR) is 111 cm³/mol. The molecule has 4 atom stereocenters. The Hall–Kier alpha value is -2.04. The number of alkyl halides is 1. The van der Waals surface area contributed by atoms with Gasteiger partial charge in [-0.3, -0.25) is 0 Å². The Morgan fingerprint density at radius 3 is 2.61 bits per heavy atom. The van der Waals surface area contributed by atoms with Gasteiger partial charge in [-0.25, -0.2) is 4.79 Å². The Morgan fingerprint density at radius 1 is 1.25 bits per heavy atom. The molecule has 0 aliphatic heterocycles. The van der Waals surface area contributed by atoms with Gasteiger partial charge in [0.15, 0.2) is 0 Å². The summed E-state index contributed by atoms with van der Waals surface area (Å²) in [5.74, 6) is -0.204. The predicted octanol–water partition coefficient (Wildman–Crippen LogP) is 5.24. The maximum atomic E-state index is 10.9. The van der Waals surface area contributed by atoms with Crippen molar-refractivity contribution in [2.45, 2.75) is 51.0 Å². The number of carbonyl (C=O) groups is 1. The molecule has 28 heavy (non-hydrogen) atoms. The molecule has 1 saturated carbocycles. The van der Waals surface area contributed by atoms with E-state index in [4.69, 9.17) is 21.1 Å². The van der Waals surface area contributed by atoms with E-state index in [1.165, 1.54) is 17.2 Å². The quantitative estimate of drug-likeness (QED) is 0.621. The second-order valence-corrected chi connectivity index (χ2v) is 8.36. The molecule has 1 aromatic heterocycles. The summed E-state index contributed by atoms with van der Waals surface area (Å²) in [6.07, 6.45) is 6.70. The summed E-state index contributed by atoms with van der Waals surface area (Å²) in [7, 11) is 0. The van der Waals surface area contributed by atoms with Crippen LogP contribution in [-0.4, -0.2) is 27.7 Å². The third-order valence-electron chi connectivity index (χ3n) is 5.46. The Bertz CT molecular complexity index is 834. The highest BCUT2D eigenvalue weighted by Crippen LogP contribution is 2.40. The van der Waals surface area contributed by atoms with Crippen molar-refractivity contribution in [1.29, 1.82) is 0 Å².